The highest BCUT2D eigenvalue weighted by molar-refractivity contribution is 5.95. The number of aryl methyl sites for hydroxylation is 1. The van der Waals surface area contributed by atoms with Crippen LogP contribution < -0.4 is 10.6 Å². The Bertz CT molecular complexity index is 431. The standard InChI is InChI=1S/C13H18N2O2/c1-15-11-4-2-10(12(16)6-7-14)8-9(11)3-5-13(15)17/h2,4,8,12,16H,3,5-7,14H2,1H3. The van der Waals surface area contributed by atoms with Crippen LogP contribution in [0.4, 0.5) is 5.69 Å². The number of hydrogen-bond donors (Lipinski definition) is 2. The van der Waals surface area contributed by atoms with E-state index in [9.17, 15) is 9.90 Å². The first-order valence-corrected chi connectivity index (χ1v) is 5.91. The largest absolute Gasteiger partial charge is 0.388 e. The minimum absolute atomic E-state index is 0.146. The molecular weight excluding hydrogens is 216 g/mol. The van der Waals surface area contributed by atoms with Gasteiger partial charge in [-0.15, -0.1) is 0 Å². The van der Waals surface area contributed by atoms with Crippen LogP contribution in [0.5, 0.6) is 0 Å². The molecule has 1 aromatic rings. The molecule has 0 spiro atoms. The quantitative estimate of drug-likeness (QED) is 0.819. The lowest BCUT2D eigenvalue weighted by molar-refractivity contribution is -0.118. The molecule has 1 unspecified atom stereocenters. The third-order valence-corrected chi connectivity index (χ3v) is 3.27. The van der Waals surface area contributed by atoms with Gasteiger partial charge in [-0.1, -0.05) is 12.1 Å². The maximum absolute atomic E-state index is 11.5. The van der Waals surface area contributed by atoms with Crippen LogP contribution in [0.3, 0.4) is 0 Å². The molecule has 0 saturated heterocycles. The van der Waals surface area contributed by atoms with E-state index in [0.717, 1.165) is 23.2 Å². The molecule has 17 heavy (non-hydrogen) atoms. The molecule has 0 bridgehead atoms. The Kier molecular flexibility index (Phi) is 3.45. The zero-order chi connectivity index (χ0) is 12.4. The number of fused-ring (bicyclic) bond motifs is 1. The van der Waals surface area contributed by atoms with E-state index in [1.807, 2.05) is 18.2 Å². The van der Waals surface area contributed by atoms with Gasteiger partial charge in [0.25, 0.3) is 0 Å². The Morgan fingerprint density at radius 3 is 2.94 bits per heavy atom. The van der Waals surface area contributed by atoms with Crippen LogP contribution in [0.2, 0.25) is 0 Å². The van der Waals surface area contributed by atoms with Crippen molar-refractivity contribution in [3.05, 3.63) is 29.3 Å². The number of carbonyl (C=O) groups is 1. The van der Waals surface area contributed by atoms with Crippen molar-refractivity contribution in [2.75, 3.05) is 18.5 Å². The number of amides is 1. The molecule has 92 valence electrons. The highest BCUT2D eigenvalue weighted by Crippen LogP contribution is 2.29. The first-order chi connectivity index (χ1) is 8.13. The summed E-state index contributed by atoms with van der Waals surface area (Å²) in [6.45, 7) is 0.469. The summed E-state index contributed by atoms with van der Waals surface area (Å²) in [4.78, 5) is 13.2. The topological polar surface area (TPSA) is 66.6 Å². The molecule has 0 fully saturated rings. The number of hydrogen-bond acceptors (Lipinski definition) is 3. The summed E-state index contributed by atoms with van der Waals surface area (Å²) in [7, 11) is 1.79. The van der Waals surface area contributed by atoms with Crippen LogP contribution in [-0.4, -0.2) is 24.6 Å². The lowest BCUT2D eigenvalue weighted by Gasteiger charge is -2.26. The number of benzene rings is 1. The Labute approximate surface area is 101 Å². The second-order valence-corrected chi connectivity index (χ2v) is 4.43. The molecule has 0 aliphatic carbocycles. The van der Waals surface area contributed by atoms with Gasteiger partial charge < -0.3 is 15.7 Å². The van der Waals surface area contributed by atoms with Gasteiger partial charge in [0.05, 0.1) is 6.10 Å². The predicted molar refractivity (Wildman–Crippen MR) is 66.8 cm³/mol. The van der Waals surface area contributed by atoms with E-state index in [4.69, 9.17) is 5.73 Å². The second kappa shape index (κ2) is 4.85. The van der Waals surface area contributed by atoms with Crippen LogP contribution in [0.1, 0.15) is 30.1 Å². The van der Waals surface area contributed by atoms with Crippen molar-refractivity contribution in [1.29, 1.82) is 0 Å². The summed E-state index contributed by atoms with van der Waals surface area (Å²) < 4.78 is 0. The predicted octanol–water partition coefficient (Wildman–Crippen LogP) is 0.978. The summed E-state index contributed by atoms with van der Waals surface area (Å²) in [5, 5.41) is 9.88. The number of carbonyl (C=O) groups excluding carboxylic acids is 1. The van der Waals surface area contributed by atoms with Gasteiger partial charge in [-0.05, 0) is 36.6 Å². The minimum Gasteiger partial charge on any atom is -0.388 e. The minimum atomic E-state index is -0.506. The van der Waals surface area contributed by atoms with Crippen LogP contribution >= 0.6 is 0 Å². The molecule has 0 radical (unpaired) electrons. The molecule has 4 heteroatoms. The van der Waals surface area contributed by atoms with Crippen molar-refractivity contribution in [2.24, 2.45) is 5.73 Å². The molecule has 1 heterocycles. The zero-order valence-corrected chi connectivity index (χ0v) is 10.0. The van der Waals surface area contributed by atoms with Crippen molar-refractivity contribution in [3.63, 3.8) is 0 Å². The van der Waals surface area contributed by atoms with E-state index in [1.54, 1.807) is 11.9 Å². The fraction of sp³-hybridized carbons (Fsp3) is 0.462. The third kappa shape index (κ3) is 2.33. The van der Waals surface area contributed by atoms with Crippen LogP contribution in [0, 0.1) is 0 Å². The maximum Gasteiger partial charge on any atom is 0.227 e. The fourth-order valence-electron chi connectivity index (χ4n) is 2.21. The molecule has 0 aromatic heterocycles. The first-order valence-electron chi connectivity index (χ1n) is 5.91. The van der Waals surface area contributed by atoms with Gasteiger partial charge in [-0.3, -0.25) is 4.79 Å². The SMILES string of the molecule is CN1C(=O)CCc2cc(C(O)CCN)ccc21. The number of nitrogens with two attached hydrogens (primary N) is 1. The maximum atomic E-state index is 11.5. The Morgan fingerprint density at radius 2 is 2.24 bits per heavy atom. The number of aliphatic hydroxyl groups is 1. The molecule has 2 rings (SSSR count). The normalized spacial score (nSPS) is 16.9. The molecular formula is C13H18N2O2. The van der Waals surface area contributed by atoms with E-state index in [-0.39, 0.29) is 5.91 Å². The van der Waals surface area contributed by atoms with Gasteiger partial charge in [0.2, 0.25) is 5.91 Å². The fourth-order valence-corrected chi connectivity index (χ4v) is 2.21. The molecule has 3 N–H and O–H groups in total. The smallest absolute Gasteiger partial charge is 0.227 e. The van der Waals surface area contributed by atoms with E-state index in [2.05, 4.69) is 0 Å². The summed E-state index contributed by atoms with van der Waals surface area (Å²) in [5.74, 6) is 0.146. The molecule has 1 aliphatic heterocycles. The Hall–Kier alpha value is -1.39. The van der Waals surface area contributed by atoms with E-state index < -0.39 is 6.10 Å². The van der Waals surface area contributed by atoms with E-state index in [1.165, 1.54) is 0 Å². The number of nitrogens with zero attached hydrogens (tertiary/aromatic N) is 1. The van der Waals surface area contributed by atoms with Crippen molar-refractivity contribution >= 4 is 11.6 Å². The van der Waals surface area contributed by atoms with Crippen molar-refractivity contribution in [1.82, 2.24) is 0 Å². The van der Waals surface area contributed by atoms with Gasteiger partial charge in [0, 0.05) is 19.2 Å². The van der Waals surface area contributed by atoms with E-state index >= 15 is 0 Å². The Balaban J connectivity index is 2.29. The number of anilines is 1. The average molecular weight is 234 g/mol. The molecule has 0 saturated carbocycles. The number of aliphatic hydroxyl groups excluding tert-OH is 1. The summed E-state index contributed by atoms with van der Waals surface area (Å²) in [6, 6.07) is 5.76. The van der Waals surface area contributed by atoms with Crippen molar-refractivity contribution in [2.45, 2.75) is 25.4 Å². The van der Waals surface area contributed by atoms with Gasteiger partial charge in [0.1, 0.15) is 0 Å². The van der Waals surface area contributed by atoms with Crippen LogP contribution in [0.25, 0.3) is 0 Å². The highest BCUT2D eigenvalue weighted by Gasteiger charge is 2.21. The summed E-state index contributed by atoms with van der Waals surface area (Å²) >= 11 is 0. The monoisotopic (exact) mass is 234 g/mol. The molecule has 1 amide bonds. The van der Waals surface area contributed by atoms with Gasteiger partial charge in [-0.25, -0.2) is 0 Å². The highest BCUT2D eigenvalue weighted by atomic mass is 16.3. The Morgan fingerprint density at radius 1 is 1.47 bits per heavy atom. The van der Waals surface area contributed by atoms with Gasteiger partial charge in [0.15, 0.2) is 0 Å². The molecule has 1 aliphatic rings. The zero-order valence-electron chi connectivity index (χ0n) is 10.0. The van der Waals surface area contributed by atoms with Crippen LogP contribution in [0.15, 0.2) is 18.2 Å². The van der Waals surface area contributed by atoms with E-state index in [0.29, 0.717) is 19.4 Å². The van der Waals surface area contributed by atoms with Crippen molar-refractivity contribution < 1.29 is 9.90 Å². The average Bonchev–Trinajstić information content (AvgIpc) is 2.34. The van der Waals surface area contributed by atoms with Crippen LogP contribution in [-0.2, 0) is 11.2 Å². The van der Waals surface area contributed by atoms with Gasteiger partial charge >= 0.3 is 0 Å². The number of rotatable bonds is 3. The van der Waals surface area contributed by atoms with Gasteiger partial charge in [-0.2, -0.15) is 0 Å². The lowest BCUT2D eigenvalue weighted by atomic mass is 9.96. The molecule has 1 atom stereocenters. The second-order valence-electron chi connectivity index (χ2n) is 4.43. The summed E-state index contributed by atoms with van der Waals surface area (Å²) in [5.41, 5.74) is 8.39. The first kappa shape index (κ1) is 12.1. The molecule has 1 aromatic carbocycles. The third-order valence-electron chi connectivity index (χ3n) is 3.27. The lowest BCUT2D eigenvalue weighted by Crippen LogP contribution is -2.31. The molecule has 4 nitrogen and oxygen atoms in total. The van der Waals surface area contributed by atoms with Crippen molar-refractivity contribution in [3.8, 4) is 0 Å². The summed E-state index contributed by atoms with van der Waals surface area (Å²) in [6.07, 6.45) is 1.35.